The van der Waals surface area contributed by atoms with Gasteiger partial charge in [-0.15, -0.1) is 0 Å². The van der Waals surface area contributed by atoms with Crippen molar-refractivity contribution in [2.24, 2.45) is 0 Å². The van der Waals surface area contributed by atoms with Crippen molar-refractivity contribution in [1.82, 2.24) is 19.2 Å². The number of benzene rings is 3. The third-order valence-electron chi connectivity index (χ3n) is 7.46. The summed E-state index contributed by atoms with van der Waals surface area (Å²) in [6, 6.07) is 30.2. The summed E-state index contributed by atoms with van der Waals surface area (Å²) in [6.45, 7) is 4.44. The van der Waals surface area contributed by atoms with E-state index in [4.69, 9.17) is 5.10 Å². The fourth-order valence-electron chi connectivity index (χ4n) is 5.35. The number of urea groups is 1. The molecule has 0 spiro atoms. The lowest BCUT2D eigenvalue weighted by Gasteiger charge is -2.31. The van der Waals surface area contributed by atoms with Gasteiger partial charge in [0.05, 0.1) is 29.7 Å². The zero-order valence-electron chi connectivity index (χ0n) is 22.7. The second kappa shape index (κ2) is 9.83. The highest BCUT2D eigenvalue weighted by atomic mass is 16.2. The van der Waals surface area contributed by atoms with Gasteiger partial charge in [0.25, 0.3) is 0 Å². The highest BCUT2D eigenvalue weighted by Gasteiger charge is 2.36. The van der Waals surface area contributed by atoms with E-state index >= 15 is 0 Å². The minimum absolute atomic E-state index is 0.154. The minimum atomic E-state index is -0.309. The van der Waals surface area contributed by atoms with Gasteiger partial charge in [0, 0.05) is 37.2 Å². The van der Waals surface area contributed by atoms with Gasteiger partial charge in [-0.3, -0.25) is 0 Å². The normalized spacial score (nSPS) is 14.4. The van der Waals surface area contributed by atoms with Crippen LogP contribution in [0.3, 0.4) is 0 Å². The zero-order chi connectivity index (χ0) is 27.1. The smallest absolute Gasteiger partial charge is 0.322 e. The van der Waals surface area contributed by atoms with Crippen LogP contribution in [-0.4, -0.2) is 39.4 Å². The maximum atomic E-state index is 14.1. The van der Waals surface area contributed by atoms with Gasteiger partial charge in [-0.25, -0.2) is 9.48 Å². The molecule has 5 aromatic rings. The summed E-state index contributed by atoms with van der Waals surface area (Å²) in [5.41, 5.74) is 7.87. The van der Waals surface area contributed by atoms with Crippen LogP contribution >= 0.6 is 0 Å². The molecule has 1 unspecified atom stereocenters. The third kappa shape index (κ3) is 4.36. The SMILES string of the molecule is Cc1ccccc1NC(=O)N1Cc2c(C)nn(-c3ccccc3)c2-n2cccc2C1c1ccc(N(C)C)cc1. The number of aromatic nitrogens is 3. The van der Waals surface area contributed by atoms with Crippen molar-refractivity contribution in [2.45, 2.75) is 26.4 Å². The van der Waals surface area contributed by atoms with Crippen LogP contribution in [0.4, 0.5) is 16.2 Å². The van der Waals surface area contributed by atoms with Gasteiger partial charge in [0.1, 0.15) is 5.82 Å². The van der Waals surface area contributed by atoms with Crippen molar-refractivity contribution < 1.29 is 4.79 Å². The standard InChI is InChI=1S/C32H32N6O/c1-22-11-8-9-14-28(22)33-32(39)37-21-27-23(2)34-38(26-12-6-5-7-13-26)31(27)36-20-10-15-29(36)30(37)24-16-18-25(19-17-24)35(3)4/h5-20,30H,21H2,1-4H3,(H,33,39). The first-order valence-electron chi connectivity index (χ1n) is 13.1. The van der Waals surface area contributed by atoms with E-state index in [1.54, 1.807) is 0 Å². The van der Waals surface area contributed by atoms with Crippen molar-refractivity contribution >= 4 is 17.4 Å². The van der Waals surface area contributed by atoms with Gasteiger partial charge in [-0.2, -0.15) is 5.10 Å². The lowest BCUT2D eigenvalue weighted by molar-refractivity contribution is 0.194. The lowest BCUT2D eigenvalue weighted by Crippen LogP contribution is -2.38. The maximum Gasteiger partial charge on any atom is 0.322 e. The molecule has 1 atom stereocenters. The molecule has 0 fully saturated rings. The zero-order valence-corrected chi connectivity index (χ0v) is 22.7. The van der Waals surface area contributed by atoms with E-state index in [2.05, 4.69) is 63.4 Å². The van der Waals surface area contributed by atoms with Crippen LogP contribution < -0.4 is 10.2 Å². The molecule has 0 saturated heterocycles. The Morgan fingerprint density at radius 2 is 1.62 bits per heavy atom. The van der Waals surface area contributed by atoms with E-state index in [-0.39, 0.29) is 12.1 Å². The number of carbonyl (C=O) groups excluding carboxylic acids is 1. The van der Waals surface area contributed by atoms with Crippen LogP contribution in [0, 0.1) is 13.8 Å². The molecule has 1 aliphatic rings. The summed E-state index contributed by atoms with van der Waals surface area (Å²) >= 11 is 0. The summed E-state index contributed by atoms with van der Waals surface area (Å²) in [7, 11) is 4.06. The lowest BCUT2D eigenvalue weighted by atomic mass is 10.0. The average Bonchev–Trinajstić information content (AvgIpc) is 3.51. The van der Waals surface area contributed by atoms with Crippen LogP contribution in [-0.2, 0) is 6.54 Å². The van der Waals surface area contributed by atoms with E-state index in [0.717, 1.165) is 51.0 Å². The molecule has 7 nitrogen and oxygen atoms in total. The number of rotatable bonds is 4. The first kappa shape index (κ1) is 24.6. The molecule has 196 valence electrons. The molecule has 1 N–H and O–H groups in total. The first-order valence-corrected chi connectivity index (χ1v) is 13.1. The number of amides is 2. The Morgan fingerprint density at radius 3 is 2.33 bits per heavy atom. The van der Waals surface area contributed by atoms with E-state index in [1.165, 1.54) is 0 Å². The third-order valence-corrected chi connectivity index (χ3v) is 7.46. The fraction of sp³-hybridized carbons (Fsp3) is 0.188. The predicted molar refractivity (Wildman–Crippen MR) is 156 cm³/mol. The fourth-order valence-corrected chi connectivity index (χ4v) is 5.35. The van der Waals surface area contributed by atoms with Gasteiger partial charge in [-0.05, 0) is 67.4 Å². The summed E-state index contributed by atoms with van der Waals surface area (Å²) in [5, 5.41) is 8.13. The molecule has 0 aliphatic carbocycles. The Labute approximate surface area is 228 Å². The van der Waals surface area contributed by atoms with Crippen molar-refractivity contribution in [1.29, 1.82) is 0 Å². The number of anilines is 2. The number of aryl methyl sites for hydroxylation is 2. The van der Waals surface area contributed by atoms with Crippen molar-refractivity contribution in [2.75, 3.05) is 24.3 Å². The molecule has 39 heavy (non-hydrogen) atoms. The van der Waals surface area contributed by atoms with E-state index in [9.17, 15) is 4.79 Å². The summed E-state index contributed by atoms with van der Waals surface area (Å²) in [4.78, 5) is 18.1. The van der Waals surface area contributed by atoms with Crippen LogP contribution in [0.25, 0.3) is 11.5 Å². The maximum absolute atomic E-state index is 14.1. The van der Waals surface area contributed by atoms with Gasteiger partial charge in [0.15, 0.2) is 0 Å². The summed E-state index contributed by atoms with van der Waals surface area (Å²) in [5.74, 6) is 0.958. The van der Waals surface area contributed by atoms with Crippen molar-refractivity contribution in [3.05, 3.63) is 125 Å². The average molecular weight is 517 g/mol. The number of hydrogen-bond acceptors (Lipinski definition) is 3. The van der Waals surface area contributed by atoms with E-state index in [1.807, 2.05) is 86.1 Å². The summed E-state index contributed by atoms with van der Waals surface area (Å²) < 4.78 is 4.18. The summed E-state index contributed by atoms with van der Waals surface area (Å²) in [6.07, 6.45) is 2.07. The number of nitrogens with zero attached hydrogens (tertiary/aromatic N) is 5. The molecule has 3 heterocycles. The first-order chi connectivity index (χ1) is 18.9. The van der Waals surface area contributed by atoms with Crippen LogP contribution in [0.5, 0.6) is 0 Å². The van der Waals surface area contributed by atoms with E-state index < -0.39 is 0 Å². The van der Waals surface area contributed by atoms with Crippen LogP contribution in [0.2, 0.25) is 0 Å². The molecule has 2 amide bonds. The van der Waals surface area contributed by atoms with Gasteiger partial charge < -0.3 is 19.7 Å². The molecule has 3 aromatic carbocycles. The second-order valence-corrected chi connectivity index (χ2v) is 10.2. The van der Waals surface area contributed by atoms with Gasteiger partial charge >= 0.3 is 6.03 Å². The Morgan fingerprint density at radius 1 is 0.897 bits per heavy atom. The highest BCUT2D eigenvalue weighted by Crippen LogP contribution is 2.39. The predicted octanol–water partition coefficient (Wildman–Crippen LogP) is 6.48. The molecule has 1 aliphatic heterocycles. The number of nitrogens with one attached hydrogen (secondary N) is 1. The van der Waals surface area contributed by atoms with E-state index in [0.29, 0.717) is 6.54 Å². The number of carbonyl (C=O) groups is 1. The molecule has 7 heteroatoms. The Hall–Kier alpha value is -4.78. The van der Waals surface area contributed by atoms with Crippen LogP contribution in [0.1, 0.15) is 34.1 Å². The van der Waals surface area contributed by atoms with Crippen molar-refractivity contribution in [3.8, 4) is 11.5 Å². The molecule has 2 aromatic heterocycles. The molecular formula is C32H32N6O. The topological polar surface area (TPSA) is 58.3 Å². The number of hydrogen-bond donors (Lipinski definition) is 1. The van der Waals surface area contributed by atoms with Gasteiger partial charge in [-0.1, -0.05) is 48.5 Å². The van der Waals surface area contributed by atoms with Gasteiger partial charge in [0.2, 0.25) is 0 Å². The Balaban J connectivity index is 1.53. The number of fused-ring (bicyclic) bond motifs is 3. The Kier molecular flexibility index (Phi) is 6.19. The molecular weight excluding hydrogens is 484 g/mol. The highest BCUT2D eigenvalue weighted by molar-refractivity contribution is 5.91. The molecule has 0 saturated carbocycles. The Bertz CT molecular complexity index is 1630. The minimum Gasteiger partial charge on any atom is -0.378 e. The van der Waals surface area contributed by atoms with Crippen LogP contribution in [0.15, 0.2) is 97.2 Å². The molecule has 0 bridgehead atoms. The van der Waals surface area contributed by atoms with Crippen molar-refractivity contribution in [3.63, 3.8) is 0 Å². The second-order valence-electron chi connectivity index (χ2n) is 10.2. The largest absolute Gasteiger partial charge is 0.378 e. The molecule has 6 rings (SSSR count). The number of para-hydroxylation sites is 2. The molecule has 0 radical (unpaired) electrons. The monoisotopic (exact) mass is 516 g/mol. The quantitative estimate of drug-likeness (QED) is 0.297.